The summed E-state index contributed by atoms with van der Waals surface area (Å²) in [5.41, 5.74) is 12.6. The van der Waals surface area contributed by atoms with E-state index in [9.17, 15) is 8.78 Å². The van der Waals surface area contributed by atoms with E-state index >= 15 is 0 Å². The van der Waals surface area contributed by atoms with Gasteiger partial charge < -0.3 is 16.2 Å². The van der Waals surface area contributed by atoms with Crippen LogP contribution < -0.4 is 11.5 Å². The number of hydrogen-bond acceptors (Lipinski definition) is 3. The Morgan fingerprint density at radius 2 is 1.69 bits per heavy atom. The minimum absolute atomic E-state index is 0.0250. The maximum atomic E-state index is 14.7. The fourth-order valence-corrected chi connectivity index (χ4v) is 10.5. The summed E-state index contributed by atoms with van der Waals surface area (Å²) in [5, 5.41) is 0. The van der Waals surface area contributed by atoms with E-state index in [1.165, 1.54) is 88.8 Å². The number of nitrogens with two attached hydrogens (primary N) is 2. The monoisotopic (exact) mass is 544 g/mol. The molecule has 4 aliphatic carbocycles. The fourth-order valence-electron chi connectivity index (χ4n) is 10.5. The Bertz CT molecular complexity index is 999. The van der Waals surface area contributed by atoms with Crippen LogP contribution in [-0.2, 0) is 10.8 Å². The molecule has 5 heteroatoms. The molecular weight excluding hydrogens is 490 g/mol. The maximum absolute atomic E-state index is 14.7. The zero-order valence-electron chi connectivity index (χ0n) is 25.0. The van der Waals surface area contributed by atoms with Crippen LogP contribution in [0.4, 0.5) is 20.2 Å². The quantitative estimate of drug-likeness (QED) is 0.304. The van der Waals surface area contributed by atoms with Crippen molar-refractivity contribution in [3.63, 3.8) is 0 Å². The smallest absolute Gasteiger partial charge is 0.385 e. The summed E-state index contributed by atoms with van der Waals surface area (Å²) in [4.78, 5) is 0. The molecule has 0 bridgehead atoms. The summed E-state index contributed by atoms with van der Waals surface area (Å²) in [6, 6.07) is 4.07. The van der Waals surface area contributed by atoms with E-state index < -0.39 is 6.11 Å². The van der Waals surface area contributed by atoms with Crippen molar-refractivity contribution in [2.75, 3.05) is 18.1 Å². The average Bonchev–Trinajstić information content (AvgIpc) is 3.24. The molecule has 0 heterocycles. The zero-order chi connectivity index (χ0) is 28.0. The van der Waals surface area contributed by atoms with Gasteiger partial charge >= 0.3 is 6.11 Å². The Morgan fingerprint density at radius 3 is 2.46 bits per heavy atom. The Kier molecular flexibility index (Phi) is 8.32. The fraction of sp³-hybridized carbons (Fsp3) is 0.824. The highest BCUT2D eigenvalue weighted by molar-refractivity contribution is 5.57. The van der Waals surface area contributed by atoms with Crippen LogP contribution in [0.5, 0.6) is 0 Å². The molecule has 0 aliphatic heterocycles. The number of benzene rings is 1. The first kappa shape index (κ1) is 29.1. The van der Waals surface area contributed by atoms with Crippen molar-refractivity contribution >= 4 is 11.4 Å². The Morgan fingerprint density at radius 1 is 0.923 bits per heavy atom. The predicted octanol–water partition coefficient (Wildman–Crippen LogP) is 9.41. The van der Waals surface area contributed by atoms with E-state index in [-0.39, 0.29) is 23.8 Å². The average molecular weight is 545 g/mol. The van der Waals surface area contributed by atoms with E-state index in [1.807, 2.05) is 6.92 Å². The van der Waals surface area contributed by atoms with Gasteiger partial charge in [0.15, 0.2) is 0 Å². The Balaban J connectivity index is 1.11. The second-order valence-electron chi connectivity index (χ2n) is 14.8. The van der Waals surface area contributed by atoms with Gasteiger partial charge in [-0.2, -0.15) is 8.78 Å². The molecule has 0 spiro atoms. The highest BCUT2D eigenvalue weighted by atomic mass is 19.3. The van der Waals surface area contributed by atoms with Crippen LogP contribution in [0.25, 0.3) is 0 Å². The van der Waals surface area contributed by atoms with Crippen LogP contribution in [-0.4, -0.2) is 6.61 Å². The summed E-state index contributed by atoms with van der Waals surface area (Å²) in [6.45, 7) is 9.85. The summed E-state index contributed by atoms with van der Waals surface area (Å²) in [7, 11) is 0. The first-order chi connectivity index (χ1) is 18.5. The van der Waals surface area contributed by atoms with E-state index in [0.717, 1.165) is 42.4 Å². The molecule has 0 aromatic heterocycles. The van der Waals surface area contributed by atoms with E-state index in [1.54, 1.807) is 0 Å². The normalized spacial score (nSPS) is 37.9. The number of ether oxygens (including phenoxy) is 1. The molecular formula is C34H54F2N2O. The number of anilines is 2. The number of fused-ring (bicyclic) bond motifs is 5. The molecule has 220 valence electrons. The molecule has 1 aromatic rings. The van der Waals surface area contributed by atoms with Gasteiger partial charge in [-0.25, -0.2) is 0 Å². The topological polar surface area (TPSA) is 61.3 Å². The second kappa shape index (κ2) is 11.1. The van der Waals surface area contributed by atoms with Crippen LogP contribution >= 0.6 is 0 Å². The van der Waals surface area contributed by atoms with Gasteiger partial charge in [-0.3, -0.25) is 0 Å². The lowest BCUT2D eigenvalue weighted by atomic mass is 9.44. The number of rotatable bonds is 9. The third-order valence-electron chi connectivity index (χ3n) is 12.6. The van der Waals surface area contributed by atoms with Gasteiger partial charge in [0.2, 0.25) is 0 Å². The summed E-state index contributed by atoms with van der Waals surface area (Å²) in [5.74, 6) is 5.40. The lowest BCUT2D eigenvalue weighted by Gasteiger charge is -2.61. The van der Waals surface area contributed by atoms with Crippen LogP contribution in [0.2, 0.25) is 0 Å². The molecule has 0 radical (unpaired) electrons. The van der Waals surface area contributed by atoms with Gasteiger partial charge in [-0.05, 0) is 128 Å². The summed E-state index contributed by atoms with van der Waals surface area (Å²) < 4.78 is 34.4. The van der Waals surface area contributed by atoms with E-state index in [0.29, 0.717) is 22.4 Å². The van der Waals surface area contributed by atoms with Crippen molar-refractivity contribution in [1.29, 1.82) is 0 Å². The van der Waals surface area contributed by atoms with Gasteiger partial charge in [0, 0.05) is 11.4 Å². The van der Waals surface area contributed by atoms with Gasteiger partial charge in [-0.15, -0.1) is 0 Å². The lowest BCUT2D eigenvalue weighted by molar-refractivity contribution is -0.253. The third-order valence-corrected chi connectivity index (χ3v) is 12.6. The van der Waals surface area contributed by atoms with Crippen LogP contribution in [0, 0.1) is 52.3 Å². The van der Waals surface area contributed by atoms with Gasteiger partial charge in [0.05, 0.1) is 12.2 Å². The predicted molar refractivity (Wildman–Crippen MR) is 157 cm³/mol. The van der Waals surface area contributed by atoms with E-state index in [2.05, 4.69) is 20.8 Å². The minimum atomic E-state index is -3.40. The van der Waals surface area contributed by atoms with Gasteiger partial charge in [-0.1, -0.05) is 53.4 Å². The lowest BCUT2D eigenvalue weighted by Crippen LogP contribution is -2.53. The molecule has 4 aliphatic rings. The second-order valence-corrected chi connectivity index (χ2v) is 14.8. The molecule has 4 fully saturated rings. The molecule has 39 heavy (non-hydrogen) atoms. The highest BCUT2D eigenvalue weighted by Crippen LogP contribution is 2.68. The molecule has 9 atom stereocenters. The van der Waals surface area contributed by atoms with Crippen molar-refractivity contribution in [2.45, 2.75) is 117 Å². The Labute approximate surface area is 236 Å². The molecule has 4 N–H and O–H groups in total. The third kappa shape index (κ3) is 5.47. The van der Waals surface area contributed by atoms with Crippen LogP contribution in [0.3, 0.4) is 0 Å². The van der Waals surface area contributed by atoms with Crippen molar-refractivity contribution in [1.82, 2.24) is 0 Å². The standard InChI is InChI=1S/C34H54F2N2O/c1-22(21-39-34(35,36)30-14-12-25(37)20-31(30)38)8-7-9-23(2)27-15-16-28-26-13-11-24-10-5-6-18-32(24,3)29(26)17-19-33(27,28)4/h12,14,20,22-24,26-29H,5-11,13,15-19,21,37-38H2,1-4H3/t22?,23?,24?,26-,27+,28-,29-,32-,33+/m0/s1. The molecule has 0 amide bonds. The van der Waals surface area contributed by atoms with Gasteiger partial charge in [0.25, 0.3) is 0 Å². The van der Waals surface area contributed by atoms with E-state index in [4.69, 9.17) is 16.2 Å². The van der Waals surface area contributed by atoms with Crippen molar-refractivity contribution in [2.24, 2.45) is 52.3 Å². The highest BCUT2D eigenvalue weighted by Gasteiger charge is 2.60. The zero-order valence-corrected chi connectivity index (χ0v) is 25.0. The molecule has 5 rings (SSSR count). The molecule has 3 nitrogen and oxygen atoms in total. The maximum Gasteiger partial charge on any atom is 0.385 e. The molecule has 4 saturated carbocycles. The summed E-state index contributed by atoms with van der Waals surface area (Å²) >= 11 is 0. The number of nitrogen functional groups attached to an aromatic ring is 2. The molecule has 0 saturated heterocycles. The van der Waals surface area contributed by atoms with Gasteiger partial charge in [0.1, 0.15) is 0 Å². The van der Waals surface area contributed by atoms with Crippen molar-refractivity contribution in [3.05, 3.63) is 23.8 Å². The van der Waals surface area contributed by atoms with Crippen molar-refractivity contribution < 1.29 is 13.5 Å². The van der Waals surface area contributed by atoms with Crippen LogP contribution in [0.1, 0.15) is 117 Å². The Hall–Kier alpha value is -1.36. The molecule has 3 unspecified atom stereocenters. The number of alkyl halides is 2. The summed E-state index contributed by atoms with van der Waals surface area (Å²) in [6.07, 6.45) is 14.3. The van der Waals surface area contributed by atoms with Crippen molar-refractivity contribution in [3.8, 4) is 0 Å². The minimum Gasteiger partial charge on any atom is -0.399 e. The number of hydrogen-bond donors (Lipinski definition) is 2. The largest absolute Gasteiger partial charge is 0.399 e. The molecule has 1 aromatic carbocycles. The SMILES string of the molecule is CC(CCCC(C)[C@H]1CC[C@H]2[C@@H]3CCC4CCCC[C@]4(C)[C@H]3CC[C@]12C)COC(F)(F)c1ccc(N)cc1N. The van der Waals surface area contributed by atoms with Crippen LogP contribution in [0.15, 0.2) is 18.2 Å². The first-order valence-corrected chi connectivity index (χ1v) is 16.1. The number of halogens is 2. The first-order valence-electron chi connectivity index (χ1n) is 16.1.